The first-order chi connectivity index (χ1) is 11.3. The lowest BCUT2D eigenvalue weighted by Gasteiger charge is -2.32. The lowest BCUT2D eigenvalue weighted by molar-refractivity contribution is -0.197. The van der Waals surface area contributed by atoms with Gasteiger partial charge >= 0.3 is 12.1 Å². The molecular weight excluding hydrogens is 327 g/mol. The standard InChI is InChI=1S/C16H18F3NO4/c17-16(18,19)13-7-2-1-6-12(13)15(23)20-10-4-3-5-11(8-10)24-9-14(21)22/h3-5,8,12-13H,1-2,6-7,9H2,(H,20,23)(H,21,22)/t12-,13+/m1/s1. The Kier molecular flexibility index (Phi) is 5.69. The summed E-state index contributed by atoms with van der Waals surface area (Å²) in [6.07, 6.45) is -3.18. The molecule has 0 unspecified atom stereocenters. The minimum absolute atomic E-state index is 0.0383. The number of nitrogens with one attached hydrogen (secondary N) is 1. The van der Waals surface area contributed by atoms with Gasteiger partial charge in [-0.1, -0.05) is 18.9 Å². The molecule has 0 saturated heterocycles. The lowest BCUT2D eigenvalue weighted by atomic mass is 9.78. The number of alkyl halides is 3. The number of carboxylic acids is 1. The van der Waals surface area contributed by atoms with Gasteiger partial charge in [-0.25, -0.2) is 4.79 Å². The van der Waals surface area contributed by atoms with Crippen LogP contribution in [0.3, 0.4) is 0 Å². The molecule has 24 heavy (non-hydrogen) atoms. The summed E-state index contributed by atoms with van der Waals surface area (Å²) in [4.78, 5) is 22.7. The van der Waals surface area contributed by atoms with Crippen LogP contribution in [-0.2, 0) is 9.59 Å². The number of benzene rings is 1. The van der Waals surface area contributed by atoms with Crippen molar-refractivity contribution in [3.8, 4) is 5.75 Å². The molecule has 0 aromatic heterocycles. The molecule has 8 heteroatoms. The average Bonchev–Trinajstić information content (AvgIpc) is 2.52. The molecular formula is C16H18F3NO4. The number of hydrogen-bond acceptors (Lipinski definition) is 3. The van der Waals surface area contributed by atoms with E-state index in [4.69, 9.17) is 9.84 Å². The third-order valence-electron chi connectivity index (χ3n) is 3.99. The highest BCUT2D eigenvalue weighted by Crippen LogP contribution is 2.41. The van der Waals surface area contributed by atoms with Crippen LogP contribution in [0.15, 0.2) is 24.3 Å². The largest absolute Gasteiger partial charge is 0.482 e. The third kappa shape index (κ3) is 4.87. The van der Waals surface area contributed by atoms with Crippen molar-refractivity contribution in [1.29, 1.82) is 0 Å². The molecule has 2 atom stereocenters. The molecule has 1 aliphatic rings. The minimum Gasteiger partial charge on any atom is -0.482 e. The molecule has 5 nitrogen and oxygen atoms in total. The van der Waals surface area contributed by atoms with Gasteiger partial charge < -0.3 is 15.2 Å². The summed E-state index contributed by atoms with van der Waals surface area (Å²) in [5.41, 5.74) is 0.273. The molecule has 2 N–H and O–H groups in total. The van der Waals surface area contributed by atoms with Crippen LogP contribution in [0.25, 0.3) is 0 Å². The summed E-state index contributed by atoms with van der Waals surface area (Å²) >= 11 is 0. The molecule has 132 valence electrons. The van der Waals surface area contributed by atoms with Crippen molar-refractivity contribution >= 4 is 17.6 Å². The second-order valence-electron chi connectivity index (χ2n) is 5.74. The highest BCUT2D eigenvalue weighted by atomic mass is 19.4. The van der Waals surface area contributed by atoms with Crippen molar-refractivity contribution in [2.75, 3.05) is 11.9 Å². The Morgan fingerprint density at radius 3 is 2.62 bits per heavy atom. The molecule has 1 amide bonds. The molecule has 0 heterocycles. The SMILES string of the molecule is O=C(O)COc1cccc(NC(=O)[C@@H]2CCCC[C@@H]2C(F)(F)F)c1. The number of anilines is 1. The van der Waals surface area contributed by atoms with E-state index in [1.165, 1.54) is 24.3 Å². The van der Waals surface area contributed by atoms with Crippen LogP contribution < -0.4 is 10.1 Å². The van der Waals surface area contributed by atoms with Crippen molar-refractivity contribution in [2.45, 2.75) is 31.9 Å². The van der Waals surface area contributed by atoms with Gasteiger partial charge in [0.15, 0.2) is 6.61 Å². The first kappa shape index (κ1) is 18.1. The zero-order valence-electron chi connectivity index (χ0n) is 12.8. The third-order valence-corrected chi connectivity index (χ3v) is 3.99. The van der Waals surface area contributed by atoms with Gasteiger partial charge in [0, 0.05) is 17.7 Å². The van der Waals surface area contributed by atoms with Gasteiger partial charge in [0.2, 0.25) is 5.91 Å². The van der Waals surface area contributed by atoms with E-state index in [0.717, 1.165) is 0 Å². The molecule has 0 radical (unpaired) electrons. The van der Waals surface area contributed by atoms with Crippen LogP contribution in [-0.4, -0.2) is 29.8 Å². The molecule has 1 aliphatic carbocycles. The van der Waals surface area contributed by atoms with Gasteiger partial charge in [-0.15, -0.1) is 0 Å². The highest BCUT2D eigenvalue weighted by Gasteiger charge is 2.48. The molecule has 1 aromatic rings. The summed E-state index contributed by atoms with van der Waals surface area (Å²) in [6, 6.07) is 5.91. The minimum atomic E-state index is -4.39. The van der Waals surface area contributed by atoms with E-state index in [1.54, 1.807) is 0 Å². The predicted octanol–water partition coefficient (Wildman–Crippen LogP) is 3.46. The fraction of sp³-hybridized carbons (Fsp3) is 0.500. The van der Waals surface area contributed by atoms with Crippen LogP contribution in [0.1, 0.15) is 25.7 Å². The number of ether oxygens (including phenoxy) is 1. The number of carbonyl (C=O) groups excluding carboxylic acids is 1. The number of rotatable bonds is 5. The van der Waals surface area contributed by atoms with Crippen molar-refractivity contribution < 1.29 is 32.6 Å². The Balaban J connectivity index is 2.05. The smallest absolute Gasteiger partial charge is 0.392 e. The van der Waals surface area contributed by atoms with E-state index in [-0.39, 0.29) is 24.3 Å². The summed E-state index contributed by atoms with van der Waals surface area (Å²) in [6.45, 7) is -0.545. The maximum absolute atomic E-state index is 13.1. The van der Waals surface area contributed by atoms with E-state index in [1.807, 2.05) is 0 Å². The topological polar surface area (TPSA) is 75.6 Å². The van der Waals surface area contributed by atoms with Gasteiger partial charge in [0.05, 0.1) is 5.92 Å². The van der Waals surface area contributed by atoms with Crippen LogP contribution in [0.5, 0.6) is 5.75 Å². The Labute approximate surface area is 136 Å². The molecule has 0 bridgehead atoms. The number of aliphatic carboxylic acids is 1. The van der Waals surface area contributed by atoms with Crippen LogP contribution in [0, 0.1) is 11.8 Å². The van der Waals surface area contributed by atoms with Crippen LogP contribution in [0.2, 0.25) is 0 Å². The summed E-state index contributed by atoms with van der Waals surface area (Å²) in [5.74, 6) is -4.35. The van der Waals surface area contributed by atoms with E-state index >= 15 is 0 Å². The molecule has 0 aliphatic heterocycles. The van der Waals surface area contributed by atoms with Crippen LogP contribution in [0.4, 0.5) is 18.9 Å². The highest BCUT2D eigenvalue weighted by molar-refractivity contribution is 5.93. The molecule has 1 aromatic carbocycles. The maximum atomic E-state index is 13.1. The Morgan fingerprint density at radius 1 is 1.25 bits per heavy atom. The molecule has 1 fully saturated rings. The Hall–Kier alpha value is -2.25. The second-order valence-corrected chi connectivity index (χ2v) is 5.74. The zero-order valence-corrected chi connectivity index (χ0v) is 12.8. The number of amides is 1. The summed E-state index contributed by atoms with van der Waals surface area (Å²) in [5, 5.41) is 11.0. The zero-order chi connectivity index (χ0) is 17.7. The molecule has 2 rings (SSSR count). The summed E-state index contributed by atoms with van der Waals surface area (Å²) in [7, 11) is 0. The van der Waals surface area contributed by atoms with Gasteiger partial charge in [0.1, 0.15) is 5.75 Å². The maximum Gasteiger partial charge on any atom is 0.392 e. The van der Waals surface area contributed by atoms with Crippen molar-refractivity contribution in [2.24, 2.45) is 11.8 Å². The van der Waals surface area contributed by atoms with Gasteiger partial charge in [0.25, 0.3) is 0 Å². The molecule has 1 saturated carbocycles. The quantitative estimate of drug-likeness (QED) is 0.857. The van der Waals surface area contributed by atoms with Crippen LogP contribution >= 0.6 is 0 Å². The average molecular weight is 345 g/mol. The monoisotopic (exact) mass is 345 g/mol. The number of carbonyl (C=O) groups is 2. The van der Waals surface area contributed by atoms with E-state index in [2.05, 4.69) is 5.32 Å². The summed E-state index contributed by atoms with van der Waals surface area (Å²) < 4.78 is 44.2. The normalized spacial score (nSPS) is 21.1. The van der Waals surface area contributed by atoms with Gasteiger partial charge in [-0.3, -0.25) is 4.79 Å². The number of carboxylic acid groups (broad SMARTS) is 1. The first-order valence-electron chi connectivity index (χ1n) is 7.59. The van der Waals surface area contributed by atoms with Gasteiger partial charge in [-0.2, -0.15) is 13.2 Å². The second kappa shape index (κ2) is 7.55. The van der Waals surface area contributed by atoms with Gasteiger partial charge in [-0.05, 0) is 25.0 Å². The van der Waals surface area contributed by atoms with Crippen molar-refractivity contribution in [3.05, 3.63) is 24.3 Å². The predicted molar refractivity (Wildman–Crippen MR) is 79.7 cm³/mol. The molecule has 0 spiro atoms. The first-order valence-corrected chi connectivity index (χ1v) is 7.59. The number of halogens is 3. The Morgan fingerprint density at radius 2 is 1.96 bits per heavy atom. The fourth-order valence-corrected chi connectivity index (χ4v) is 2.88. The lowest BCUT2D eigenvalue weighted by Crippen LogP contribution is -2.39. The Bertz CT molecular complexity index is 603. The van der Waals surface area contributed by atoms with E-state index < -0.39 is 36.5 Å². The van der Waals surface area contributed by atoms with Crippen molar-refractivity contribution in [3.63, 3.8) is 0 Å². The fourth-order valence-electron chi connectivity index (χ4n) is 2.88. The van der Waals surface area contributed by atoms with E-state index in [0.29, 0.717) is 12.8 Å². The number of hydrogen-bond donors (Lipinski definition) is 2. The van der Waals surface area contributed by atoms with E-state index in [9.17, 15) is 22.8 Å². The van der Waals surface area contributed by atoms with Crippen molar-refractivity contribution in [1.82, 2.24) is 0 Å².